The highest BCUT2D eigenvalue weighted by Crippen LogP contribution is 2.27. The summed E-state index contributed by atoms with van der Waals surface area (Å²) in [6.07, 6.45) is 4.01. The summed E-state index contributed by atoms with van der Waals surface area (Å²) >= 11 is 0. The normalized spacial score (nSPS) is 15.1. The molecule has 0 aliphatic heterocycles. The Morgan fingerprint density at radius 1 is 1.23 bits per heavy atom. The maximum absolute atomic E-state index is 12.9. The fourth-order valence-corrected chi connectivity index (χ4v) is 2.81. The van der Waals surface area contributed by atoms with Crippen LogP contribution in [0.25, 0.3) is 0 Å². The minimum Gasteiger partial charge on any atom is -0.331 e. The van der Waals surface area contributed by atoms with Crippen molar-refractivity contribution >= 4 is 17.5 Å². The Labute approximate surface area is 130 Å². The zero-order valence-electron chi connectivity index (χ0n) is 13.1. The van der Waals surface area contributed by atoms with Gasteiger partial charge in [0.1, 0.15) is 12.4 Å². The van der Waals surface area contributed by atoms with Gasteiger partial charge in [0, 0.05) is 17.6 Å². The predicted molar refractivity (Wildman–Crippen MR) is 83.8 cm³/mol. The lowest BCUT2D eigenvalue weighted by Crippen LogP contribution is -2.44. The zero-order chi connectivity index (χ0) is 16.1. The minimum absolute atomic E-state index is 0.0212. The van der Waals surface area contributed by atoms with E-state index < -0.39 is 0 Å². The summed E-state index contributed by atoms with van der Waals surface area (Å²) in [6, 6.07) is 5.57. The van der Waals surface area contributed by atoms with E-state index >= 15 is 0 Å². The Hall–Kier alpha value is -1.91. The van der Waals surface area contributed by atoms with Crippen molar-refractivity contribution in [2.75, 3.05) is 11.9 Å². The van der Waals surface area contributed by atoms with Gasteiger partial charge in [0.2, 0.25) is 11.8 Å². The molecule has 0 bridgehead atoms. The van der Waals surface area contributed by atoms with Crippen LogP contribution in [0.15, 0.2) is 24.3 Å². The van der Waals surface area contributed by atoms with Gasteiger partial charge < -0.3 is 10.2 Å². The van der Waals surface area contributed by atoms with Crippen LogP contribution in [0.2, 0.25) is 0 Å². The summed E-state index contributed by atoms with van der Waals surface area (Å²) in [6.45, 7) is 3.86. The largest absolute Gasteiger partial charge is 0.331 e. The lowest BCUT2D eigenvalue weighted by atomic mass is 10.1. The summed E-state index contributed by atoms with van der Waals surface area (Å²) in [7, 11) is 0. The molecule has 4 nitrogen and oxygen atoms in total. The number of nitrogens with zero attached hydrogens (tertiary/aromatic N) is 1. The molecule has 0 aromatic heterocycles. The Morgan fingerprint density at radius 2 is 1.82 bits per heavy atom. The second-order valence-corrected chi connectivity index (χ2v) is 6.10. The second kappa shape index (κ2) is 7.38. The molecule has 2 amide bonds. The molecule has 5 heteroatoms. The first-order chi connectivity index (χ1) is 10.5. The fraction of sp³-hybridized carbons (Fsp3) is 0.529. The highest BCUT2D eigenvalue weighted by atomic mass is 19.1. The number of hydrogen-bond donors (Lipinski definition) is 1. The molecule has 22 heavy (non-hydrogen) atoms. The van der Waals surface area contributed by atoms with Crippen LogP contribution >= 0.6 is 0 Å². The maximum Gasteiger partial charge on any atom is 0.244 e. The quantitative estimate of drug-likeness (QED) is 0.908. The molecule has 0 spiro atoms. The van der Waals surface area contributed by atoms with E-state index in [-0.39, 0.29) is 36.1 Å². The van der Waals surface area contributed by atoms with Crippen molar-refractivity contribution in [3.63, 3.8) is 0 Å². The van der Waals surface area contributed by atoms with E-state index in [4.69, 9.17) is 0 Å². The van der Waals surface area contributed by atoms with Gasteiger partial charge in [0.15, 0.2) is 0 Å². The van der Waals surface area contributed by atoms with Gasteiger partial charge in [-0.15, -0.1) is 0 Å². The van der Waals surface area contributed by atoms with Crippen molar-refractivity contribution in [3.05, 3.63) is 30.1 Å². The molecule has 1 aromatic carbocycles. The first kappa shape index (κ1) is 16.5. The monoisotopic (exact) mass is 306 g/mol. The number of carbonyl (C=O) groups is 2. The molecule has 1 aromatic rings. The second-order valence-electron chi connectivity index (χ2n) is 6.10. The van der Waals surface area contributed by atoms with Gasteiger partial charge in [-0.2, -0.15) is 0 Å². The fourth-order valence-electron chi connectivity index (χ4n) is 2.81. The summed E-state index contributed by atoms with van der Waals surface area (Å²) < 4.78 is 12.9. The van der Waals surface area contributed by atoms with E-state index in [1.54, 1.807) is 4.90 Å². The van der Waals surface area contributed by atoms with Crippen LogP contribution in [-0.2, 0) is 9.59 Å². The number of rotatable bonds is 5. The summed E-state index contributed by atoms with van der Waals surface area (Å²) in [5, 5.41) is 2.70. The molecule has 0 radical (unpaired) electrons. The SMILES string of the molecule is CC(C)N(CC(=O)Nc1ccc(F)cc1)C(=O)C1CCCC1. The van der Waals surface area contributed by atoms with Crippen LogP contribution in [0, 0.1) is 11.7 Å². The van der Waals surface area contributed by atoms with Gasteiger partial charge in [-0.25, -0.2) is 4.39 Å². The smallest absolute Gasteiger partial charge is 0.244 e. The number of nitrogens with one attached hydrogen (secondary N) is 1. The molecular formula is C17H23FN2O2. The van der Waals surface area contributed by atoms with Crippen LogP contribution in [0.5, 0.6) is 0 Å². The third-order valence-electron chi connectivity index (χ3n) is 4.05. The molecule has 1 fully saturated rings. The Morgan fingerprint density at radius 3 is 2.36 bits per heavy atom. The van der Waals surface area contributed by atoms with Crippen molar-refractivity contribution in [3.8, 4) is 0 Å². The van der Waals surface area contributed by atoms with Gasteiger partial charge in [-0.1, -0.05) is 12.8 Å². The molecule has 1 aliphatic rings. The maximum atomic E-state index is 12.9. The summed E-state index contributed by atoms with van der Waals surface area (Å²) in [4.78, 5) is 26.3. The molecule has 0 unspecified atom stereocenters. The molecule has 120 valence electrons. The molecule has 0 saturated heterocycles. The topological polar surface area (TPSA) is 49.4 Å². The number of carbonyl (C=O) groups excluding carboxylic acids is 2. The van der Waals surface area contributed by atoms with Crippen molar-refractivity contribution in [2.24, 2.45) is 5.92 Å². The van der Waals surface area contributed by atoms with Crippen LogP contribution in [0.1, 0.15) is 39.5 Å². The number of anilines is 1. The predicted octanol–water partition coefficient (Wildman–Crippen LogP) is 3.19. The van der Waals surface area contributed by atoms with E-state index in [0.29, 0.717) is 5.69 Å². The van der Waals surface area contributed by atoms with Crippen molar-refractivity contribution in [1.82, 2.24) is 4.90 Å². The van der Waals surface area contributed by atoms with E-state index in [1.165, 1.54) is 24.3 Å². The summed E-state index contributed by atoms with van der Waals surface area (Å²) in [5.41, 5.74) is 0.531. The summed E-state index contributed by atoms with van der Waals surface area (Å²) in [5.74, 6) is -0.479. The molecule has 0 heterocycles. The van der Waals surface area contributed by atoms with Gasteiger partial charge in [-0.05, 0) is 51.0 Å². The average Bonchev–Trinajstić information content (AvgIpc) is 3.00. The molecule has 1 N–H and O–H groups in total. The van der Waals surface area contributed by atoms with E-state index in [9.17, 15) is 14.0 Å². The highest BCUT2D eigenvalue weighted by molar-refractivity contribution is 5.94. The van der Waals surface area contributed by atoms with Crippen molar-refractivity contribution < 1.29 is 14.0 Å². The third-order valence-corrected chi connectivity index (χ3v) is 4.05. The standard InChI is InChI=1S/C17H23FN2O2/c1-12(2)20(17(22)13-5-3-4-6-13)11-16(21)19-15-9-7-14(18)8-10-15/h7-10,12-13H,3-6,11H2,1-2H3,(H,19,21). The number of halogens is 1. The number of benzene rings is 1. The third kappa shape index (κ3) is 4.29. The first-order valence-electron chi connectivity index (χ1n) is 7.83. The molecule has 0 atom stereocenters. The van der Waals surface area contributed by atoms with E-state index in [2.05, 4.69) is 5.32 Å². The first-order valence-corrected chi connectivity index (χ1v) is 7.83. The van der Waals surface area contributed by atoms with Gasteiger partial charge in [0.05, 0.1) is 0 Å². The van der Waals surface area contributed by atoms with Gasteiger partial charge in [0.25, 0.3) is 0 Å². The number of amides is 2. The van der Waals surface area contributed by atoms with Crippen LogP contribution < -0.4 is 5.32 Å². The Balaban J connectivity index is 1.96. The van der Waals surface area contributed by atoms with Crippen LogP contribution in [0.4, 0.5) is 10.1 Å². The van der Waals surface area contributed by atoms with E-state index in [1.807, 2.05) is 13.8 Å². The minimum atomic E-state index is -0.349. The number of hydrogen-bond acceptors (Lipinski definition) is 2. The Kier molecular flexibility index (Phi) is 5.52. The van der Waals surface area contributed by atoms with E-state index in [0.717, 1.165) is 25.7 Å². The Bertz CT molecular complexity index is 522. The lowest BCUT2D eigenvalue weighted by molar-refractivity contribution is -0.140. The highest BCUT2D eigenvalue weighted by Gasteiger charge is 2.29. The zero-order valence-corrected chi connectivity index (χ0v) is 13.1. The van der Waals surface area contributed by atoms with Gasteiger partial charge >= 0.3 is 0 Å². The average molecular weight is 306 g/mol. The van der Waals surface area contributed by atoms with Crippen LogP contribution in [0.3, 0.4) is 0 Å². The molecular weight excluding hydrogens is 283 g/mol. The lowest BCUT2D eigenvalue weighted by Gasteiger charge is -2.28. The molecule has 1 aliphatic carbocycles. The molecule has 1 saturated carbocycles. The molecule has 2 rings (SSSR count). The van der Waals surface area contributed by atoms with Crippen LogP contribution in [-0.4, -0.2) is 29.3 Å². The van der Waals surface area contributed by atoms with Crippen molar-refractivity contribution in [1.29, 1.82) is 0 Å². The van der Waals surface area contributed by atoms with Gasteiger partial charge in [-0.3, -0.25) is 9.59 Å². The van der Waals surface area contributed by atoms with Crippen molar-refractivity contribution in [2.45, 2.75) is 45.6 Å².